The molecule has 2 aromatic carbocycles. The fourth-order valence-corrected chi connectivity index (χ4v) is 3.10. The summed E-state index contributed by atoms with van der Waals surface area (Å²) < 4.78 is 18.8. The van der Waals surface area contributed by atoms with Crippen molar-refractivity contribution in [2.24, 2.45) is 0 Å². The fourth-order valence-electron chi connectivity index (χ4n) is 2.91. The van der Waals surface area contributed by atoms with Gasteiger partial charge in [-0.15, -0.1) is 0 Å². The lowest BCUT2D eigenvalue weighted by atomic mass is 9.87. The molecule has 0 aliphatic carbocycles. The van der Waals surface area contributed by atoms with E-state index < -0.39 is 5.82 Å². The van der Waals surface area contributed by atoms with E-state index in [4.69, 9.17) is 16.3 Å². The molecule has 1 atom stereocenters. The second-order valence-electron chi connectivity index (χ2n) is 5.41. The number of pyridine rings is 1. The van der Waals surface area contributed by atoms with Crippen LogP contribution in [0.4, 0.5) is 4.39 Å². The molecule has 0 amide bonds. The van der Waals surface area contributed by atoms with Gasteiger partial charge in [0.2, 0.25) is 5.88 Å². The number of aliphatic hydroxyl groups excluding tert-OH is 1. The van der Waals surface area contributed by atoms with Crippen LogP contribution < -0.4 is 4.74 Å². The van der Waals surface area contributed by atoms with Crippen LogP contribution in [-0.2, 0) is 0 Å². The molecule has 0 aliphatic rings. The number of aromatic nitrogens is 1. The quantitative estimate of drug-likeness (QED) is 0.700. The molecule has 3 nitrogen and oxygen atoms in total. The van der Waals surface area contributed by atoms with Crippen LogP contribution in [0.2, 0.25) is 5.02 Å². The number of methoxy groups -OCH3 is 1. The molecule has 1 aromatic heterocycles. The number of aliphatic hydroxyl groups is 1. The molecule has 123 valence electrons. The first kappa shape index (κ1) is 16.7. The van der Waals surface area contributed by atoms with Crippen molar-refractivity contribution >= 4 is 22.4 Å². The van der Waals surface area contributed by atoms with Gasteiger partial charge in [0, 0.05) is 17.5 Å². The zero-order valence-electron chi connectivity index (χ0n) is 13.0. The highest BCUT2D eigenvalue weighted by molar-refractivity contribution is 6.30. The van der Waals surface area contributed by atoms with Crippen LogP contribution in [0.25, 0.3) is 10.8 Å². The van der Waals surface area contributed by atoms with Gasteiger partial charge in [-0.1, -0.05) is 35.9 Å². The maximum Gasteiger partial charge on any atom is 0.221 e. The van der Waals surface area contributed by atoms with Crippen molar-refractivity contribution in [3.8, 4) is 5.88 Å². The molecular formula is C19H16ClFNO2. The average Bonchev–Trinajstić information content (AvgIpc) is 2.61. The van der Waals surface area contributed by atoms with Gasteiger partial charge < -0.3 is 9.84 Å². The predicted octanol–water partition coefficient (Wildman–Crippen LogP) is 5.09. The Labute approximate surface area is 144 Å². The molecule has 1 radical (unpaired) electrons. The van der Waals surface area contributed by atoms with Gasteiger partial charge in [0.1, 0.15) is 5.82 Å². The lowest BCUT2D eigenvalue weighted by Crippen LogP contribution is -2.05. The summed E-state index contributed by atoms with van der Waals surface area (Å²) in [5.41, 5.74) is 1.73. The molecule has 5 heteroatoms. The van der Waals surface area contributed by atoms with Crippen molar-refractivity contribution in [2.45, 2.75) is 12.3 Å². The number of rotatable bonds is 5. The zero-order valence-corrected chi connectivity index (χ0v) is 13.8. The van der Waals surface area contributed by atoms with Gasteiger partial charge in [-0.05, 0) is 41.1 Å². The molecule has 1 unspecified atom stereocenters. The minimum absolute atomic E-state index is 0.0567. The van der Waals surface area contributed by atoms with Crippen molar-refractivity contribution in [3.05, 3.63) is 77.2 Å². The molecule has 0 saturated carbocycles. The highest BCUT2D eigenvalue weighted by Gasteiger charge is 2.19. The normalized spacial score (nSPS) is 12.3. The Morgan fingerprint density at radius 3 is 2.67 bits per heavy atom. The van der Waals surface area contributed by atoms with Gasteiger partial charge in [0.05, 0.1) is 18.7 Å². The van der Waals surface area contributed by atoms with Crippen LogP contribution in [0.5, 0.6) is 5.88 Å². The molecule has 3 aromatic rings. The third-order valence-corrected chi connectivity index (χ3v) is 4.33. The Balaban J connectivity index is 2.19. The maximum atomic E-state index is 13.5. The molecule has 0 saturated heterocycles. The van der Waals surface area contributed by atoms with E-state index >= 15 is 0 Å². The van der Waals surface area contributed by atoms with E-state index in [1.54, 1.807) is 25.4 Å². The molecular weight excluding hydrogens is 329 g/mol. The van der Waals surface area contributed by atoms with E-state index in [2.05, 4.69) is 4.98 Å². The third kappa shape index (κ3) is 3.07. The third-order valence-electron chi connectivity index (χ3n) is 4.05. The number of halogens is 2. The highest BCUT2D eigenvalue weighted by atomic mass is 35.5. The fraction of sp³-hybridized carbons (Fsp3) is 0.158. The van der Waals surface area contributed by atoms with Gasteiger partial charge in [0.15, 0.2) is 0 Å². The Bertz CT molecular complexity index is 869. The summed E-state index contributed by atoms with van der Waals surface area (Å²) in [5.74, 6) is -0.125. The molecule has 3 rings (SSSR count). The minimum Gasteiger partial charge on any atom is -0.481 e. The van der Waals surface area contributed by atoms with E-state index in [-0.39, 0.29) is 10.9 Å². The molecule has 1 heterocycles. The summed E-state index contributed by atoms with van der Waals surface area (Å²) in [6.07, 6.45) is 2.09. The second kappa shape index (κ2) is 7.16. The van der Waals surface area contributed by atoms with Crippen molar-refractivity contribution in [1.82, 2.24) is 4.98 Å². The molecule has 0 spiro atoms. The second-order valence-corrected chi connectivity index (χ2v) is 5.82. The molecule has 0 fully saturated rings. The van der Waals surface area contributed by atoms with Gasteiger partial charge >= 0.3 is 0 Å². The Morgan fingerprint density at radius 2 is 2.00 bits per heavy atom. The number of hydrogen-bond acceptors (Lipinski definition) is 3. The lowest BCUT2D eigenvalue weighted by molar-refractivity contribution is 0.367. The summed E-state index contributed by atoms with van der Waals surface area (Å²) in [5, 5.41) is 11.3. The average molecular weight is 345 g/mol. The van der Waals surface area contributed by atoms with Crippen LogP contribution in [0.15, 0.2) is 48.7 Å². The van der Waals surface area contributed by atoms with E-state index in [9.17, 15) is 9.50 Å². The first-order valence-electron chi connectivity index (χ1n) is 7.48. The monoisotopic (exact) mass is 344 g/mol. The maximum absolute atomic E-state index is 13.5. The first-order valence-corrected chi connectivity index (χ1v) is 7.86. The topological polar surface area (TPSA) is 42.4 Å². The number of ether oxygens (including phenoxy) is 1. The van der Waals surface area contributed by atoms with E-state index in [0.29, 0.717) is 12.3 Å². The van der Waals surface area contributed by atoms with Crippen LogP contribution >= 0.6 is 11.6 Å². The van der Waals surface area contributed by atoms with Crippen molar-refractivity contribution in [2.75, 3.05) is 7.11 Å². The largest absolute Gasteiger partial charge is 0.481 e. The van der Waals surface area contributed by atoms with Gasteiger partial charge in [0.25, 0.3) is 0 Å². The lowest BCUT2D eigenvalue weighted by Gasteiger charge is -2.19. The van der Waals surface area contributed by atoms with Gasteiger partial charge in [-0.2, -0.15) is 0 Å². The SMILES string of the molecule is COc1ncc(C(C[CH]O)c2ccc(F)c(Cl)c2)c2ccccc12. The Hall–Kier alpha value is -2.17. The number of benzene rings is 2. The number of fused-ring (bicyclic) bond motifs is 1. The van der Waals surface area contributed by atoms with Crippen molar-refractivity contribution < 1.29 is 14.2 Å². The summed E-state index contributed by atoms with van der Waals surface area (Å²) in [7, 11) is 1.58. The molecule has 0 aliphatic heterocycles. The van der Waals surface area contributed by atoms with Crippen LogP contribution in [0.3, 0.4) is 0 Å². The van der Waals surface area contributed by atoms with E-state index in [1.165, 1.54) is 6.07 Å². The Kier molecular flexibility index (Phi) is 4.97. The van der Waals surface area contributed by atoms with Crippen molar-refractivity contribution in [3.63, 3.8) is 0 Å². The predicted molar refractivity (Wildman–Crippen MR) is 92.4 cm³/mol. The van der Waals surface area contributed by atoms with Crippen LogP contribution in [0.1, 0.15) is 23.5 Å². The Morgan fingerprint density at radius 1 is 1.25 bits per heavy atom. The molecule has 1 N–H and O–H groups in total. The zero-order chi connectivity index (χ0) is 17.1. The first-order chi connectivity index (χ1) is 11.7. The number of hydrogen-bond donors (Lipinski definition) is 1. The smallest absolute Gasteiger partial charge is 0.221 e. The van der Waals surface area contributed by atoms with E-state index in [1.807, 2.05) is 24.3 Å². The summed E-state index contributed by atoms with van der Waals surface area (Å²) in [6, 6.07) is 12.4. The molecule has 0 bridgehead atoms. The summed E-state index contributed by atoms with van der Waals surface area (Å²) >= 11 is 5.93. The minimum atomic E-state index is -0.468. The standard InChI is InChI=1S/C19H16ClFNO2/c1-24-19-15-5-3-2-4-14(15)16(11-22-19)13(8-9-23)12-6-7-18(21)17(20)10-12/h2-7,9-11,13,23H,8H2,1H3. The summed E-state index contributed by atoms with van der Waals surface area (Å²) in [6.45, 7) is 1.10. The van der Waals surface area contributed by atoms with Gasteiger partial charge in [-0.25, -0.2) is 9.37 Å². The summed E-state index contributed by atoms with van der Waals surface area (Å²) in [4.78, 5) is 4.37. The number of nitrogens with zero attached hydrogens (tertiary/aromatic N) is 1. The van der Waals surface area contributed by atoms with Gasteiger partial charge in [-0.3, -0.25) is 0 Å². The van der Waals surface area contributed by atoms with Crippen LogP contribution in [0, 0.1) is 12.4 Å². The van der Waals surface area contributed by atoms with E-state index in [0.717, 1.165) is 28.5 Å². The molecule has 24 heavy (non-hydrogen) atoms. The van der Waals surface area contributed by atoms with Crippen LogP contribution in [-0.4, -0.2) is 17.2 Å². The van der Waals surface area contributed by atoms with Crippen molar-refractivity contribution in [1.29, 1.82) is 0 Å². The highest BCUT2D eigenvalue weighted by Crippen LogP contribution is 2.36.